The maximum absolute atomic E-state index is 12.6. The lowest BCUT2D eigenvalue weighted by molar-refractivity contribution is 0.0962. The van der Waals surface area contributed by atoms with Gasteiger partial charge in [0.2, 0.25) is 0 Å². The molecule has 4 N–H and O–H groups in total. The molecule has 0 aliphatic heterocycles. The third kappa shape index (κ3) is 4.60. The summed E-state index contributed by atoms with van der Waals surface area (Å²) < 4.78 is 0. The van der Waals surface area contributed by atoms with E-state index >= 15 is 0 Å². The van der Waals surface area contributed by atoms with E-state index in [1.54, 1.807) is 25.3 Å². The molecule has 2 aromatic carbocycles. The topological polar surface area (TPSA) is 136 Å². The number of benzene rings is 2. The Labute approximate surface area is 206 Å². The Morgan fingerprint density at radius 1 is 1.14 bits per heavy atom. The lowest BCUT2D eigenvalue weighted by atomic mass is 10.1. The molecule has 5 aromatic rings. The number of aromatic nitrogens is 5. The van der Waals surface area contributed by atoms with E-state index in [-0.39, 0.29) is 5.91 Å². The first kappa shape index (κ1) is 22.7. The second-order valence-electron chi connectivity index (χ2n) is 8.15. The fourth-order valence-electron chi connectivity index (χ4n) is 3.87. The molecule has 0 saturated carbocycles. The van der Waals surface area contributed by atoms with E-state index in [9.17, 15) is 4.79 Å². The average molecular weight is 478 g/mol. The molecule has 10 nitrogen and oxygen atoms in total. The van der Waals surface area contributed by atoms with Crippen LogP contribution in [0, 0.1) is 6.92 Å². The number of aromatic amines is 2. The van der Waals surface area contributed by atoms with Gasteiger partial charge in [-0.3, -0.25) is 9.89 Å². The van der Waals surface area contributed by atoms with Gasteiger partial charge in [-0.2, -0.15) is 15.3 Å². The van der Waals surface area contributed by atoms with Gasteiger partial charge < -0.3 is 15.6 Å². The molecule has 0 unspecified atom stereocenters. The van der Waals surface area contributed by atoms with Crippen molar-refractivity contribution in [1.82, 2.24) is 30.5 Å². The van der Waals surface area contributed by atoms with Crippen LogP contribution in [0.1, 0.15) is 23.0 Å². The summed E-state index contributed by atoms with van der Waals surface area (Å²) in [5.74, 6) is 0.988. The van der Waals surface area contributed by atoms with Gasteiger partial charge in [0, 0.05) is 46.2 Å². The molecular formula is C26H23N9O. The molecule has 0 fully saturated rings. The number of H-pyrrole nitrogens is 2. The Morgan fingerprint density at radius 3 is 2.89 bits per heavy atom. The van der Waals surface area contributed by atoms with Crippen molar-refractivity contribution in [1.29, 1.82) is 0 Å². The highest BCUT2D eigenvalue weighted by Gasteiger charge is 2.12. The number of rotatable bonds is 7. The van der Waals surface area contributed by atoms with Crippen LogP contribution in [0.4, 0.5) is 11.5 Å². The molecule has 3 heterocycles. The molecule has 36 heavy (non-hydrogen) atoms. The number of carbonyl (C=O) groups is 1. The van der Waals surface area contributed by atoms with Crippen LogP contribution in [0.25, 0.3) is 33.2 Å². The van der Waals surface area contributed by atoms with Crippen molar-refractivity contribution in [3.63, 3.8) is 0 Å². The minimum atomic E-state index is -0.256. The van der Waals surface area contributed by atoms with Gasteiger partial charge >= 0.3 is 0 Å². The largest absolute Gasteiger partial charge is 0.350 e. The molecule has 10 heteroatoms. The first-order valence-corrected chi connectivity index (χ1v) is 11.1. The number of nitrogens with zero attached hydrogens (tertiary/aromatic N) is 5. The number of carbonyl (C=O) groups excluding carboxylic acids is 1. The van der Waals surface area contributed by atoms with E-state index < -0.39 is 0 Å². The summed E-state index contributed by atoms with van der Waals surface area (Å²) >= 11 is 0. The maximum Gasteiger partial charge on any atom is 0.271 e. The summed E-state index contributed by atoms with van der Waals surface area (Å²) in [5, 5.41) is 22.3. The zero-order chi connectivity index (χ0) is 25.1. The molecule has 5 rings (SSSR count). The number of aryl methyl sites for hydroxylation is 1. The molecule has 0 saturated heterocycles. The van der Waals surface area contributed by atoms with Crippen molar-refractivity contribution >= 4 is 52.2 Å². The second-order valence-corrected chi connectivity index (χ2v) is 8.15. The maximum atomic E-state index is 12.6. The van der Waals surface area contributed by atoms with Crippen molar-refractivity contribution in [2.45, 2.75) is 13.8 Å². The SMILES string of the molecule is C=N/N=C\C=C(/C)NC(=O)c1cc2ccc(-c3nccc(Nc4ccc5[nH]ncc5c4C)n3)cc2[nH]1. The fraction of sp³-hybridized carbons (Fsp3) is 0.0769. The van der Waals surface area contributed by atoms with Crippen molar-refractivity contribution in [2.24, 2.45) is 10.2 Å². The number of hydrogen-bond donors (Lipinski definition) is 4. The highest BCUT2D eigenvalue weighted by Crippen LogP contribution is 2.27. The summed E-state index contributed by atoms with van der Waals surface area (Å²) in [7, 11) is 0. The van der Waals surface area contributed by atoms with Crippen molar-refractivity contribution < 1.29 is 4.79 Å². The molecule has 0 aliphatic rings. The predicted molar refractivity (Wildman–Crippen MR) is 143 cm³/mol. The van der Waals surface area contributed by atoms with Crippen LogP contribution < -0.4 is 10.6 Å². The Hall–Kier alpha value is -5.12. The molecule has 0 spiro atoms. The summed E-state index contributed by atoms with van der Waals surface area (Å²) in [6.45, 7) is 7.07. The molecule has 0 bridgehead atoms. The molecular weight excluding hydrogens is 454 g/mol. The number of allylic oxidation sites excluding steroid dienone is 2. The molecule has 0 radical (unpaired) electrons. The van der Waals surface area contributed by atoms with Gasteiger partial charge in [-0.15, -0.1) is 0 Å². The summed E-state index contributed by atoms with van der Waals surface area (Å²) in [4.78, 5) is 24.9. The van der Waals surface area contributed by atoms with E-state index in [2.05, 4.69) is 47.7 Å². The first-order valence-electron chi connectivity index (χ1n) is 11.1. The predicted octanol–water partition coefficient (Wildman–Crippen LogP) is 4.87. The number of fused-ring (bicyclic) bond motifs is 2. The zero-order valence-corrected chi connectivity index (χ0v) is 19.7. The zero-order valence-electron chi connectivity index (χ0n) is 19.7. The van der Waals surface area contributed by atoms with Gasteiger partial charge in [0.25, 0.3) is 5.91 Å². The number of anilines is 2. The Bertz CT molecular complexity index is 1660. The van der Waals surface area contributed by atoms with E-state index in [4.69, 9.17) is 4.98 Å². The van der Waals surface area contributed by atoms with E-state index in [1.165, 1.54) is 6.21 Å². The van der Waals surface area contributed by atoms with Crippen LogP contribution in [0.3, 0.4) is 0 Å². The summed E-state index contributed by atoms with van der Waals surface area (Å²) in [6, 6.07) is 13.4. The summed E-state index contributed by atoms with van der Waals surface area (Å²) in [5.41, 5.74) is 5.71. The highest BCUT2D eigenvalue weighted by atomic mass is 16.1. The summed E-state index contributed by atoms with van der Waals surface area (Å²) in [6.07, 6.45) is 6.63. The minimum absolute atomic E-state index is 0.256. The van der Waals surface area contributed by atoms with Crippen LogP contribution in [0.15, 0.2) is 76.8 Å². The van der Waals surface area contributed by atoms with Crippen molar-refractivity contribution in [3.05, 3.63) is 77.9 Å². The van der Waals surface area contributed by atoms with E-state index in [0.29, 0.717) is 23.0 Å². The molecule has 3 aromatic heterocycles. The molecule has 0 aliphatic carbocycles. The van der Waals surface area contributed by atoms with Gasteiger partial charge in [0.1, 0.15) is 11.5 Å². The van der Waals surface area contributed by atoms with E-state index in [1.807, 2.05) is 49.5 Å². The van der Waals surface area contributed by atoms with Crippen LogP contribution in [-0.4, -0.2) is 44.0 Å². The molecule has 0 atom stereocenters. The smallest absolute Gasteiger partial charge is 0.271 e. The van der Waals surface area contributed by atoms with Gasteiger partial charge in [-0.05, 0) is 55.8 Å². The van der Waals surface area contributed by atoms with Crippen LogP contribution in [-0.2, 0) is 0 Å². The molecule has 178 valence electrons. The van der Waals surface area contributed by atoms with Crippen LogP contribution in [0.2, 0.25) is 0 Å². The van der Waals surface area contributed by atoms with Gasteiger partial charge in [-0.1, -0.05) is 12.1 Å². The van der Waals surface area contributed by atoms with Crippen LogP contribution in [0.5, 0.6) is 0 Å². The van der Waals surface area contributed by atoms with Gasteiger partial charge in [0.15, 0.2) is 5.82 Å². The number of nitrogens with one attached hydrogen (secondary N) is 4. The van der Waals surface area contributed by atoms with Crippen molar-refractivity contribution in [2.75, 3.05) is 5.32 Å². The lowest BCUT2D eigenvalue weighted by Crippen LogP contribution is -2.21. The van der Waals surface area contributed by atoms with Gasteiger partial charge in [-0.25, -0.2) is 9.97 Å². The third-order valence-electron chi connectivity index (χ3n) is 5.72. The minimum Gasteiger partial charge on any atom is -0.350 e. The monoisotopic (exact) mass is 477 g/mol. The first-order chi connectivity index (χ1) is 17.5. The van der Waals surface area contributed by atoms with E-state index in [0.717, 1.165) is 38.6 Å². The quantitative estimate of drug-likeness (QED) is 0.196. The third-order valence-corrected chi connectivity index (χ3v) is 5.72. The average Bonchev–Trinajstić information content (AvgIpc) is 3.53. The second kappa shape index (κ2) is 9.63. The van der Waals surface area contributed by atoms with Crippen LogP contribution >= 0.6 is 0 Å². The standard InChI is InChI=1S/C26H23N9O/c1-15(8-11-29-27-3)31-26(36)23-12-17-4-5-18(13-22(17)32-23)25-28-10-9-24(34-25)33-20-6-7-21-19(16(20)2)14-30-35-21/h4-14,32H,3H2,1-2H3,(H,30,35)(H,31,36)(H,28,33,34)/b15-8+,29-11-. The number of hydrogen-bond acceptors (Lipinski definition) is 7. The Kier molecular flexibility index (Phi) is 6.06. The van der Waals surface area contributed by atoms with Crippen molar-refractivity contribution in [3.8, 4) is 11.4 Å². The Balaban J connectivity index is 1.38. The lowest BCUT2D eigenvalue weighted by Gasteiger charge is -2.10. The molecule has 1 amide bonds. The Morgan fingerprint density at radius 2 is 2.03 bits per heavy atom. The highest BCUT2D eigenvalue weighted by molar-refractivity contribution is 5.99. The normalized spacial score (nSPS) is 11.9. The fourth-order valence-corrected chi connectivity index (χ4v) is 3.87. The number of amides is 1. The van der Waals surface area contributed by atoms with Gasteiger partial charge in [0.05, 0.1) is 17.9 Å².